The summed E-state index contributed by atoms with van der Waals surface area (Å²) in [7, 11) is 0. The van der Waals surface area contributed by atoms with Crippen molar-refractivity contribution in [2.75, 3.05) is 6.54 Å². The summed E-state index contributed by atoms with van der Waals surface area (Å²) in [5.74, 6) is 0. The second-order valence-corrected chi connectivity index (χ2v) is 5.39. The molecule has 0 aromatic heterocycles. The third-order valence-electron chi connectivity index (χ3n) is 4.02. The maximum atomic E-state index is 3.52. The van der Waals surface area contributed by atoms with E-state index in [9.17, 15) is 0 Å². The average molecular weight is 275 g/mol. The largest absolute Gasteiger partial charge is 0.310 e. The number of hydrogen-bond donors (Lipinski definition) is 1. The Bertz CT molecular complexity index is 740. The molecule has 1 atom stereocenters. The van der Waals surface area contributed by atoms with Crippen LogP contribution in [-0.2, 0) is 0 Å². The molecule has 0 aliphatic heterocycles. The van der Waals surface area contributed by atoms with Crippen molar-refractivity contribution < 1.29 is 0 Å². The van der Waals surface area contributed by atoms with Crippen LogP contribution in [0.25, 0.3) is 21.9 Å². The Hall–Kier alpha value is -2.12. The van der Waals surface area contributed by atoms with Gasteiger partial charge in [-0.3, -0.25) is 0 Å². The SMILES string of the molecule is CCNC(C)c1ccccc1-c1cccc2ccccc12. The summed E-state index contributed by atoms with van der Waals surface area (Å²) in [5.41, 5.74) is 3.99. The van der Waals surface area contributed by atoms with Crippen LogP contribution in [0.3, 0.4) is 0 Å². The number of nitrogens with one attached hydrogen (secondary N) is 1. The van der Waals surface area contributed by atoms with E-state index in [2.05, 4.69) is 85.9 Å². The molecule has 1 nitrogen and oxygen atoms in total. The zero-order chi connectivity index (χ0) is 14.7. The molecule has 0 saturated heterocycles. The first kappa shape index (κ1) is 13.8. The molecule has 0 bridgehead atoms. The smallest absolute Gasteiger partial charge is 0.0297 e. The minimum absolute atomic E-state index is 0.352. The Labute approximate surface area is 126 Å². The standard InChI is InChI=1S/C20H21N/c1-3-21-15(2)17-11-6-7-13-19(17)20-14-8-10-16-9-4-5-12-18(16)20/h4-15,21H,3H2,1-2H3. The molecule has 21 heavy (non-hydrogen) atoms. The maximum absolute atomic E-state index is 3.52. The van der Waals surface area contributed by atoms with E-state index in [1.54, 1.807) is 0 Å². The summed E-state index contributed by atoms with van der Waals surface area (Å²) in [4.78, 5) is 0. The topological polar surface area (TPSA) is 12.0 Å². The number of benzene rings is 3. The van der Waals surface area contributed by atoms with Crippen molar-refractivity contribution in [1.29, 1.82) is 0 Å². The lowest BCUT2D eigenvalue weighted by Gasteiger charge is -2.18. The van der Waals surface area contributed by atoms with Crippen molar-refractivity contribution in [1.82, 2.24) is 5.32 Å². The summed E-state index contributed by atoms with van der Waals surface area (Å²) >= 11 is 0. The zero-order valence-electron chi connectivity index (χ0n) is 12.6. The predicted molar refractivity (Wildman–Crippen MR) is 91.5 cm³/mol. The fourth-order valence-electron chi connectivity index (χ4n) is 3.00. The first-order valence-electron chi connectivity index (χ1n) is 7.61. The summed E-state index contributed by atoms with van der Waals surface area (Å²) < 4.78 is 0. The lowest BCUT2D eigenvalue weighted by Crippen LogP contribution is -2.18. The van der Waals surface area contributed by atoms with Crippen LogP contribution in [0.15, 0.2) is 66.7 Å². The van der Waals surface area contributed by atoms with E-state index >= 15 is 0 Å². The maximum Gasteiger partial charge on any atom is 0.0297 e. The molecule has 3 aromatic rings. The molecular weight excluding hydrogens is 254 g/mol. The normalized spacial score (nSPS) is 12.5. The van der Waals surface area contributed by atoms with Crippen molar-refractivity contribution >= 4 is 10.8 Å². The van der Waals surface area contributed by atoms with Crippen LogP contribution in [0, 0.1) is 0 Å². The Morgan fingerprint density at radius 2 is 1.48 bits per heavy atom. The van der Waals surface area contributed by atoms with Crippen LogP contribution in [0.4, 0.5) is 0 Å². The molecule has 3 aromatic carbocycles. The molecule has 1 unspecified atom stereocenters. The lowest BCUT2D eigenvalue weighted by molar-refractivity contribution is 0.599. The van der Waals surface area contributed by atoms with E-state index in [-0.39, 0.29) is 0 Å². The molecule has 1 heteroatoms. The van der Waals surface area contributed by atoms with Gasteiger partial charge in [-0.05, 0) is 40.9 Å². The Kier molecular flexibility index (Phi) is 4.03. The minimum Gasteiger partial charge on any atom is -0.310 e. The van der Waals surface area contributed by atoms with E-state index in [1.807, 2.05) is 0 Å². The van der Waals surface area contributed by atoms with Gasteiger partial charge in [-0.15, -0.1) is 0 Å². The minimum atomic E-state index is 0.352. The first-order chi connectivity index (χ1) is 10.3. The van der Waals surface area contributed by atoms with Crippen molar-refractivity contribution in [3.05, 3.63) is 72.3 Å². The summed E-state index contributed by atoms with van der Waals surface area (Å²) in [5, 5.41) is 6.13. The van der Waals surface area contributed by atoms with Gasteiger partial charge in [0.1, 0.15) is 0 Å². The van der Waals surface area contributed by atoms with Crippen molar-refractivity contribution in [2.45, 2.75) is 19.9 Å². The van der Waals surface area contributed by atoms with Crippen molar-refractivity contribution in [3.63, 3.8) is 0 Å². The van der Waals surface area contributed by atoms with Crippen molar-refractivity contribution in [3.8, 4) is 11.1 Å². The molecule has 3 rings (SSSR count). The van der Waals surface area contributed by atoms with Gasteiger partial charge in [-0.25, -0.2) is 0 Å². The van der Waals surface area contributed by atoms with Gasteiger partial charge in [0.15, 0.2) is 0 Å². The average Bonchev–Trinajstić information content (AvgIpc) is 2.54. The molecule has 106 valence electrons. The van der Waals surface area contributed by atoms with E-state index in [4.69, 9.17) is 0 Å². The highest BCUT2D eigenvalue weighted by molar-refractivity contribution is 5.97. The Morgan fingerprint density at radius 1 is 0.810 bits per heavy atom. The molecule has 0 fully saturated rings. The fraction of sp³-hybridized carbons (Fsp3) is 0.200. The highest BCUT2D eigenvalue weighted by Crippen LogP contribution is 2.33. The number of rotatable bonds is 4. The molecule has 0 spiro atoms. The van der Waals surface area contributed by atoms with Crippen molar-refractivity contribution in [2.24, 2.45) is 0 Å². The fourth-order valence-corrected chi connectivity index (χ4v) is 3.00. The summed E-state index contributed by atoms with van der Waals surface area (Å²) in [6, 6.07) is 24.2. The van der Waals surface area contributed by atoms with E-state index in [0.29, 0.717) is 6.04 Å². The number of fused-ring (bicyclic) bond motifs is 1. The van der Waals surface area contributed by atoms with Crippen LogP contribution in [-0.4, -0.2) is 6.54 Å². The third kappa shape index (κ3) is 2.70. The van der Waals surface area contributed by atoms with E-state index in [1.165, 1.54) is 27.5 Å². The Morgan fingerprint density at radius 3 is 2.33 bits per heavy atom. The molecular formula is C20H21N. The molecule has 0 amide bonds. The van der Waals surface area contributed by atoms with Gasteiger partial charge in [0.25, 0.3) is 0 Å². The van der Waals surface area contributed by atoms with Gasteiger partial charge in [0.2, 0.25) is 0 Å². The van der Waals surface area contributed by atoms with Gasteiger partial charge >= 0.3 is 0 Å². The first-order valence-corrected chi connectivity index (χ1v) is 7.61. The quantitative estimate of drug-likeness (QED) is 0.692. The molecule has 0 saturated carbocycles. The Balaban J connectivity index is 2.19. The van der Waals surface area contributed by atoms with Gasteiger partial charge < -0.3 is 5.32 Å². The second kappa shape index (κ2) is 6.11. The van der Waals surface area contributed by atoms with E-state index < -0.39 is 0 Å². The van der Waals surface area contributed by atoms with Gasteiger partial charge in [-0.1, -0.05) is 73.7 Å². The predicted octanol–water partition coefficient (Wildman–Crippen LogP) is 5.18. The summed E-state index contributed by atoms with van der Waals surface area (Å²) in [6.45, 7) is 5.36. The highest BCUT2D eigenvalue weighted by atomic mass is 14.9. The van der Waals surface area contributed by atoms with Crippen LogP contribution < -0.4 is 5.32 Å². The van der Waals surface area contributed by atoms with E-state index in [0.717, 1.165) is 6.54 Å². The van der Waals surface area contributed by atoms with Crippen LogP contribution in [0.1, 0.15) is 25.5 Å². The zero-order valence-corrected chi connectivity index (χ0v) is 12.6. The van der Waals surface area contributed by atoms with Gasteiger partial charge in [-0.2, -0.15) is 0 Å². The molecule has 1 N–H and O–H groups in total. The van der Waals surface area contributed by atoms with Gasteiger partial charge in [0, 0.05) is 6.04 Å². The molecule has 0 aliphatic carbocycles. The van der Waals surface area contributed by atoms with Crippen LogP contribution in [0.5, 0.6) is 0 Å². The molecule has 0 heterocycles. The summed E-state index contributed by atoms with van der Waals surface area (Å²) in [6.07, 6.45) is 0. The van der Waals surface area contributed by atoms with Gasteiger partial charge in [0.05, 0.1) is 0 Å². The third-order valence-corrected chi connectivity index (χ3v) is 4.02. The monoisotopic (exact) mass is 275 g/mol. The number of hydrogen-bond acceptors (Lipinski definition) is 1. The van der Waals surface area contributed by atoms with Crippen LogP contribution in [0.2, 0.25) is 0 Å². The lowest BCUT2D eigenvalue weighted by atomic mass is 9.92. The second-order valence-electron chi connectivity index (χ2n) is 5.39. The molecule has 0 radical (unpaired) electrons. The van der Waals surface area contributed by atoms with Crippen LogP contribution >= 0.6 is 0 Å². The molecule has 0 aliphatic rings. The highest BCUT2D eigenvalue weighted by Gasteiger charge is 2.12.